The van der Waals surface area contributed by atoms with Crippen molar-refractivity contribution < 1.29 is 0 Å². The van der Waals surface area contributed by atoms with Crippen molar-refractivity contribution in [1.29, 1.82) is 0 Å². The van der Waals surface area contributed by atoms with Crippen LogP contribution in [0.3, 0.4) is 0 Å². The van der Waals surface area contributed by atoms with E-state index in [0.29, 0.717) is 0 Å². The highest BCUT2D eigenvalue weighted by molar-refractivity contribution is 6.31. The molecule has 0 spiro atoms. The van der Waals surface area contributed by atoms with E-state index in [1.54, 1.807) is 0 Å². The minimum atomic E-state index is 0.187. The lowest BCUT2D eigenvalue weighted by molar-refractivity contribution is 0.578. The molecule has 0 N–H and O–H groups in total. The Labute approximate surface area is 105 Å². The number of hydrogen-bond donors (Lipinski definition) is 0. The largest absolute Gasteiger partial charge is 0.0840 e. The lowest BCUT2D eigenvalue weighted by Gasteiger charge is -2.23. The van der Waals surface area contributed by atoms with Crippen LogP contribution < -0.4 is 0 Å². The smallest absolute Gasteiger partial charge is 0.0440 e. The van der Waals surface area contributed by atoms with Crippen molar-refractivity contribution in [2.24, 2.45) is 0 Å². The van der Waals surface area contributed by atoms with Gasteiger partial charge in [-0.25, -0.2) is 0 Å². The van der Waals surface area contributed by atoms with Crippen molar-refractivity contribution >= 4 is 11.6 Å². The predicted molar refractivity (Wildman–Crippen MR) is 73.4 cm³/mol. The van der Waals surface area contributed by atoms with E-state index in [1.165, 1.54) is 30.4 Å². The SMILES string of the molecule is CCCCCc1c(Cl)cccc1C(C)(C)C. The number of halogens is 1. The van der Waals surface area contributed by atoms with Crippen molar-refractivity contribution in [1.82, 2.24) is 0 Å². The van der Waals surface area contributed by atoms with Gasteiger partial charge in [0.1, 0.15) is 0 Å². The highest BCUT2D eigenvalue weighted by Crippen LogP contribution is 2.31. The molecule has 1 aromatic carbocycles. The number of benzene rings is 1. The van der Waals surface area contributed by atoms with E-state index in [4.69, 9.17) is 11.6 Å². The molecule has 0 saturated heterocycles. The number of hydrogen-bond acceptors (Lipinski definition) is 0. The molecular weight excluding hydrogens is 216 g/mol. The zero-order valence-corrected chi connectivity index (χ0v) is 11.7. The third kappa shape index (κ3) is 3.52. The molecule has 0 heterocycles. The van der Waals surface area contributed by atoms with Gasteiger partial charge in [0, 0.05) is 5.02 Å². The zero-order valence-electron chi connectivity index (χ0n) is 10.9. The maximum absolute atomic E-state index is 6.31. The summed E-state index contributed by atoms with van der Waals surface area (Å²) in [7, 11) is 0. The van der Waals surface area contributed by atoms with E-state index >= 15 is 0 Å². The van der Waals surface area contributed by atoms with Gasteiger partial charge in [0.2, 0.25) is 0 Å². The minimum Gasteiger partial charge on any atom is -0.0840 e. The predicted octanol–water partition coefficient (Wildman–Crippen LogP) is 5.37. The van der Waals surface area contributed by atoms with Crippen LogP contribution in [0.15, 0.2) is 18.2 Å². The van der Waals surface area contributed by atoms with Crippen LogP contribution in [0.25, 0.3) is 0 Å². The standard InChI is InChI=1S/C15H23Cl/c1-5-6-7-9-12-13(15(2,3)4)10-8-11-14(12)16/h8,10-11H,5-7,9H2,1-4H3. The van der Waals surface area contributed by atoms with Crippen molar-refractivity contribution in [2.45, 2.75) is 58.8 Å². The first-order valence-electron chi connectivity index (χ1n) is 6.24. The van der Waals surface area contributed by atoms with Gasteiger partial charge in [-0.2, -0.15) is 0 Å². The molecule has 0 aliphatic carbocycles. The Kier molecular flexibility index (Phi) is 4.86. The summed E-state index contributed by atoms with van der Waals surface area (Å²) in [5.74, 6) is 0. The van der Waals surface area contributed by atoms with Gasteiger partial charge in [-0.3, -0.25) is 0 Å². The molecule has 1 rings (SSSR count). The summed E-state index contributed by atoms with van der Waals surface area (Å²) < 4.78 is 0. The highest BCUT2D eigenvalue weighted by Gasteiger charge is 2.18. The molecule has 0 bridgehead atoms. The summed E-state index contributed by atoms with van der Waals surface area (Å²) in [4.78, 5) is 0. The van der Waals surface area contributed by atoms with Gasteiger partial charge in [-0.15, -0.1) is 0 Å². The molecular formula is C15H23Cl. The fourth-order valence-electron chi connectivity index (χ4n) is 2.07. The van der Waals surface area contributed by atoms with Gasteiger partial charge >= 0.3 is 0 Å². The van der Waals surface area contributed by atoms with E-state index in [0.717, 1.165) is 11.4 Å². The quantitative estimate of drug-likeness (QED) is 0.619. The Balaban J connectivity index is 2.95. The molecule has 0 aromatic heterocycles. The van der Waals surface area contributed by atoms with E-state index < -0.39 is 0 Å². The normalized spacial score (nSPS) is 11.8. The third-order valence-corrected chi connectivity index (χ3v) is 3.31. The Hall–Kier alpha value is -0.490. The van der Waals surface area contributed by atoms with Crippen LogP contribution in [-0.4, -0.2) is 0 Å². The maximum atomic E-state index is 6.31. The first-order valence-corrected chi connectivity index (χ1v) is 6.62. The Morgan fingerprint density at radius 2 is 1.81 bits per heavy atom. The monoisotopic (exact) mass is 238 g/mol. The fourth-order valence-corrected chi connectivity index (χ4v) is 2.34. The molecule has 0 unspecified atom stereocenters. The van der Waals surface area contributed by atoms with Gasteiger partial charge < -0.3 is 0 Å². The van der Waals surface area contributed by atoms with Gasteiger partial charge in [0.15, 0.2) is 0 Å². The van der Waals surface area contributed by atoms with Crippen LogP contribution in [0, 0.1) is 0 Å². The second kappa shape index (κ2) is 5.72. The van der Waals surface area contributed by atoms with Gasteiger partial charge in [-0.1, -0.05) is 64.3 Å². The van der Waals surface area contributed by atoms with Crippen LogP contribution in [0.1, 0.15) is 58.1 Å². The topological polar surface area (TPSA) is 0 Å². The lowest BCUT2D eigenvalue weighted by Crippen LogP contribution is -2.14. The first-order chi connectivity index (χ1) is 7.46. The van der Waals surface area contributed by atoms with E-state index in [9.17, 15) is 0 Å². The summed E-state index contributed by atoms with van der Waals surface area (Å²) in [5.41, 5.74) is 2.94. The fraction of sp³-hybridized carbons (Fsp3) is 0.600. The molecule has 1 aromatic rings. The maximum Gasteiger partial charge on any atom is 0.0440 e. The number of unbranched alkanes of at least 4 members (excludes halogenated alkanes) is 2. The lowest BCUT2D eigenvalue weighted by atomic mass is 9.82. The van der Waals surface area contributed by atoms with E-state index in [-0.39, 0.29) is 5.41 Å². The molecule has 0 aliphatic rings. The van der Waals surface area contributed by atoms with Crippen molar-refractivity contribution in [3.8, 4) is 0 Å². The zero-order chi connectivity index (χ0) is 12.2. The molecule has 90 valence electrons. The molecule has 0 fully saturated rings. The Morgan fingerprint density at radius 1 is 1.12 bits per heavy atom. The number of rotatable bonds is 4. The summed E-state index contributed by atoms with van der Waals surface area (Å²) in [5, 5.41) is 0.934. The van der Waals surface area contributed by atoms with Crippen LogP contribution in [0.5, 0.6) is 0 Å². The van der Waals surface area contributed by atoms with E-state index in [2.05, 4.69) is 39.8 Å². The van der Waals surface area contributed by atoms with Crippen LogP contribution in [-0.2, 0) is 11.8 Å². The molecule has 0 nitrogen and oxygen atoms in total. The highest BCUT2D eigenvalue weighted by atomic mass is 35.5. The second-order valence-electron chi connectivity index (χ2n) is 5.47. The summed E-state index contributed by atoms with van der Waals surface area (Å²) in [6.07, 6.45) is 4.90. The second-order valence-corrected chi connectivity index (χ2v) is 5.88. The molecule has 0 amide bonds. The van der Waals surface area contributed by atoms with Crippen molar-refractivity contribution in [3.63, 3.8) is 0 Å². The first kappa shape index (κ1) is 13.6. The average Bonchev–Trinajstić information content (AvgIpc) is 2.19. The minimum absolute atomic E-state index is 0.187. The van der Waals surface area contributed by atoms with Crippen LogP contribution in [0.4, 0.5) is 0 Å². The Bertz CT molecular complexity index is 334. The van der Waals surface area contributed by atoms with Crippen molar-refractivity contribution in [2.75, 3.05) is 0 Å². The van der Waals surface area contributed by atoms with Gasteiger partial charge in [-0.05, 0) is 35.4 Å². The van der Waals surface area contributed by atoms with Gasteiger partial charge in [0.05, 0.1) is 0 Å². The summed E-state index contributed by atoms with van der Waals surface area (Å²) in [6.45, 7) is 8.99. The summed E-state index contributed by atoms with van der Waals surface area (Å²) in [6, 6.07) is 6.29. The van der Waals surface area contributed by atoms with Crippen LogP contribution >= 0.6 is 11.6 Å². The average molecular weight is 239 g/mol. The Morgan fingerprint density at radius 3 is 2.38 bits per heavy atom. The molecule has 16 heavy (non-hydrogen) atoms. The molecule has 0 aliphatic heterocycles. The molecule has 1 heteroatoms. The summed E-state index contributed by atoms with van der Waals surface area (Å²) >= 11 is 6.31. The molecule has 0 saturated carbocycles. The molecule has 0 radical (unpaired) electrons. The third-order valence-electron chi connectivity index (χ3n) is 2.96. The molecule has 0 atom stereocenters. The van der Waals surface area contributed by atoms with Crippen molar-refractivity contribution in [3.05, 3.63) is 34.3 Å². The van der Waals surface area contributed by atoms with Gasteiger partial charge in [0.25, 0.3) is 0 Å². The van der Waals surface area contributed by atoms with Crippen LogP contribution in [0.2, 0.25) is 5.02 Å². The van der Waals surface area contributed by atoms with E-state index in [1.807, 2.05) is 6.07 Å².